The van der Waals surface area contributed by atoms with Gasteiger partial charge in [-0.3, -0.25) is 14.5 Å². The Morgan fingerprint density at radius 1 is 1.30 bits per heavy atom. The van der Waals surface area contributed by atoms with Crippen molar-refractivity contribution in [3.05, 3.63) is 52.6 Å². The van der Waals surface area contributed by atoms with E-state index in [1.165, 1.54) is 6.20 Å². The Balaban J connectivity index is 0.000000347. The summed E-state index contributed by atoms with van der Waals surface area (Å²) in [6.07, 6.45) is 3.26. The van der Waals surface area contributed by atoms with Gasteiger partial charge in [-0.05, 0) is 36.8 Å². The molecule has 0 spiro atoms. The van der Waals surface area contributed by atoms with Gasteiger partial charge < -0.3 is 0 Å². The Morgan fingerprint density at radius 3 is 2.35 bits per heavy atom. The minimum Gasteiger partial charge on any atom is -0.299 e. The number of hydrogen-bond donors (Lipinski definition) is 3. The van der Waals surface area contributed by atoms with Crippen LogP contribution in [-0.2, 0) is 10.4 Å². The van der Waals surface area contributed by atoms with Gasteiger partial charge in [0.1, 0.15) is 0 Å². The zero-order chi connectivity index (χ0) is 15.3. The van der Waals surface area contributed by atoms with Crippen molar-refractivity contribution in [3.63, 3.8) is 0 Å². The maximum atomic E-state index is 8.74. The fourth-order valence-corrected chi connectivity index (χ4v) is 1.40. The van der Waals surface area contributed by atoms with Crippen LogP contribution in [0.2, 0.25) is 5.02 Å². The predicted molar refractivity (Wildman–Crippen MR) is 73.3 cm³/mol. The first kappa shape index (κ1) is 16.3. The lowest BCUT2D eigenvalue weighted by Crippen LogP contribution is -2.06. The van der Waals surface area contributed by atoms with Crippen LogP contribution in [0.4, 0.5) is 0 Å². The molecule has 1 heterocycles. The molecule has 0 radical (unpaired) electrons. The molecule has 0 aliphatic rings. The lowest BCUT2D eigenvalue weighted by molar-refractivity contribution is 0.381. The largest absolute Gasteiger partial charge is 0.394 e. The maximum absolute atomic E-state index is 8.74. The summed E-state index contributed by atoms with van der Waals surface area (Å²) in [5.41, 5.74) is 1.95. The second-order valence-corrected chi connectivity index (χ2v) is 5.04. The molecule has 0 fully saturated rings. The molecule has 1 aromatic heterocycles. The van der Waals surface area contributed by atoms with E-state index in [0.29, 0.717) is 5.36 Å². The Hall–Kier alpha value is -1.74. The third kappa shape index (κ3) is 5.93. The molecule has 108 valence electrons. The summed E-state index contributed by atoms with van der Waals surface area (Å²) in [6.45, 7) is 1.95. The van der Waals surface area contributed by atoms with Crippen molar-refractivity contribution in [2.45, 2.75) is 6.92 Å². The molecule has 20 heavy (non-hydrogen) atoms. The van der Waals surface area contributed by atoms with E-state index in [1.54, 1.807) is 16.9 Å². The molecular weight excluding hydrogens is 306 g/mol. The minimum atomic E-state index is -4.67. The smallest absolute Gasteiger partial charge is 0.299 e. The van der Waals surface area contributed by atoms with E-state index >= 15 is 0 Å². The summed E-state index contributed by atoms with van der Waals surface area (Å²) in [7, 11) is -4.67. The highest BCUT2D eigenvalue weighted by Crippen LogP contribution is 2.17. The lowest BCUT2D eigenvalue weighted by Gasteiger charge is -2.06. The number of aryl methyl sites for hydroxylation is 1. The summed E-state index contributed by atoms with van der Waals surface area (Å²) in [5, 5.41) is 12.6. The normalized spacial score (nSPS) is 10.6. The average molecular weight is 318 g/mol. The van der Waals surface area contributed by atoms with Crippen LogP contribution < -0.4 is 5.36 Å². The number of nitrogens with zero attached hydrogens (tertiary/aromatic N) is 2. The van der Waals surface area contributed by atoms with Gasteiger partial charge in [0.05, 0.1) is 17.2 Å². The number of nitrogens with one attached hydrogen (secondary N) is 1. The highest BCUT2D eigenvalue weighted by molar-refractivity contribution is 7.79. The number of halogens is 1. The molecule has 0 unspecified atom stereocenters. The van der Waals surface area contributed by atoms with E-state index in [1.807, 2.05) is 25.1 Å². The summed E-state index contributed by atoms with van der Waals surface area (Å²) in [6, 6.07) is 7.39. The molecule has 7 nitrogen and oxygen atoms in total. The molecular formula is C11H12ClN3O4S. The third-order valence-corrected chi connectivity index (χ3v) is 2.55. The Labute approximate surface area is 120 Å². The molecule has 1 aromatic carbocycles. The molecule has 0 saturated heterocycles. The van der Waals surface area contributed by atoms with E-state index in [-0.39, 0.29) is 0 Å². The van der Waals surface area contributed by atoms with Crippen molar-refractivity contribution >= 4 is 22.0 Å². The van der Waals surface area contributed by atoms with Gasteiger partial charge in [-0.25, -0.2) is 4.68 Å². The van der Waals surface area contributed by atoms with Crippen LogP contribution in [0.3, 0.4) is 0 Å². The molecule has 0 aliphatic heterocycles. The Morgan fingerprint density at radius 2 is 1.90 bits per heavy atom. The summed E-state index contributed by atoms with van der Waals surface area (Å²) in [5.74, 6) is 0. The first-order valence-corrected chi connectivity index (χ1v) is 7.00. The van der Waals surface area contributed by atoms with Gasteiger partial charge in [-0.15, -0.1) is 0 Å². The topological polar surface area (TPSA) is 116 Å². The van der Waals surface area contributed by atoms with Gasteiger partial charge in [0.15, 0.2) is 0 Å². The molecule has 0 saturated carbocycles. The van der Waals surface area contributed by atoms with Crippen LogP contribution in [0.5, 0.6) is 0 Å². The molecule has 0 atom stereocenters. The second-order valence-electron chi connectivity index (χ2n) is 3.74. The third-order valence-electron chi connectivity index (χ3n) is 2.12. The SMILES string of the molecule is Cc1cc(-n2ccc(=N)cn2)ccc1Cl.O=S(=O)(O)O. The van der Waals surface area contributed by atoms with Crippen molar-refractivity contribution < 1.29 is 17.5 Å². The van der Waals surface area contributed by atoms with E-state index in [2.05, 4.69) is 5.10 Å². The van der Waals surface area contributed by atoms with Crippen molar-refractivity contribution in [1.29, 1.82) is 5.41 Å². The number of aromatic nitrogens is 2. The fourth-order valence-electron chi connectivity index (χ4n) is 1.28. The predicted octanol–water partition coefficient (Wildman–Crippen LogP) is 1.66. The zero-order valence-corrected chi connectivity index (χ0v) is 11.9. The summed E-state index contributed by atoms with van der Waals surface area (Å²) < 4.78 is 33.3. The number of benzene rings is 1. The first-order chi connectivity index (χ1) is 9.16. The standard InChI is InChI=1S/C11H10ClN3.H2O4S/c1-8-6-10(2-3-11(8)12)15-5-4-9(13)7-14-15;1-5(2,3)4/h2-7,13H,1H3;(H2,1,2,3,4). The van der Waals surface area contributed by atoms with Gasteiger partial charge in [-0.2, -0.15) is 13.5 Å². The zero-order valence-electron chi connectivity index (χ0n) is 10.4. The van der Waals surface area contributed by atoms with Crippen LogP contribution in [-0.4, -0.2) is 27.3 Å². The molecule has 0 aliphatic carbocycles. The quantitative estimate of drug-likeness (QED) is 0.692. The number of hydrogen-bond acceptors (Lipinski definition) is 4. The van der Waals surface area contributed by atoms with Gasteiger partial charge >= 0.3 is 10.4 Å². The van der Waals surface area contributed by atoms with Crippen LogP contribution >= 0.6 is 11.6 Å². The van der Waals surface area contributed by atoms with Crippen LogP contribution in [0.15, 0.2) is 36.7 Å². The first-order valence-electron chi connectivity index (χ1n) is 5.23. The highest BCUT2D eigenvalue weighted by atomic mass is 35.5. The molecule has 0 amide bonds. The van der Waals surface area contributed by atoms with E-state index in [4.69, 9.17) is 34.5 Å². The molecule has 0 bridgehead atoms. The highest BCUT2D eigenvalue weighted by Gasteiger charge is 1.98. The summed E-state index contributed by atoms with van der Waals surface area (Å²) in [4.78, 5) is 0. The van der Waals surface area contributed by atoms with Gasteiger partial charge in [0.25, 0.3) is 0 Å². The molecule has 2 rings (SSSR count). The molecule has 2 aromatic rings. The van der Waals surface area contributed by atoms with Crippen LogP contribution in [0.25, 0.3) is 5.69 Å². The minimum absolute atomic E-state index is 0.400. The van der Waals surface area contributed by atoms with Crippen LogP contribution in [0, 0.1) is 12.3 Å². The average Bonchev–Trinajstić information content (AvgIpc) is 2.32. The number of rotatable bonds is 1. The monoisotopic (exact) mass is 317 g/mol. The van der Waals surface area contributed by atoms with Gasteiger partial charge in [-0.1, -0.05) is 11.6 Å². The Kier molecular flexibility index (Phi) is 5.40. The molecule has 9 heteroatoms. The summed E-state index contributed by atoms with van der Waals surface area (Å²) >= 11 is 5.93. The van der Waals surface area contributed by atoms with E-state index in [0.717, 1.165) is 16.3 Å². The van der Waals surface area contributed by atoms with Crippen LogP contribution in [0.1, 0.15) is 5.56 Å². The lowest BCUT2D eigenvalue weighted by atomic mass is 10.2. The van der Waals surface area contributed by atoms with Gasteiger partial charge in [0, 0.05) is 11.2 Å². The second kappa shape index (κ2) is 6.62. The Bertz CT molecular complexity index is 730. The maximum Gasteiger partial charge on any atom is 0.394 e. The van der Waals surface area contributed by atoms with Crippen molar-refractivity contribution in [2.75, 3.05) is 0 Å². The van der Waals surface area contributed by atoms with Crippen molar-refractivity contribution in [2.24, 2.45) is 0 Å². The van der Waals surface area contributed by atoms with E-state index in [9.17, 15) is 0 Å². The fraction of sp³-hybridized carbons (Fsp3) is 0.0909. The van der Waals surface area contributed by atoms with Crippen molar-refractivity contribution in [1.82, 2.24) is 9.78 Å². The van der Waals surface area contributed by atoms with Crippen molar-refractivity contribution in [3.8, 4) is 5.69 Å². The van der Waals surface area contributed by atoms with Gasteiger partial charge in [0.2, 0.25) is 0 Å². The van der Waals surface area contributed by atoms with E-state index < -0.39 is 10.4 Å². The molecule has 3 N–H and O–H groups in total.